The second-order valence-corrected chi connectivity index (χ2v) is 5.08. The van der Waals surface area contributed by atoms with E-state index in [2.05, 4.69) is 46.6 Å². The molecule has 1 nitrogen and oxygen atoms in total. The zero-order valence-electron chi connectivity index (χ0n) is 11.0. The van der Waals surface area contributed by atoms with Gasteiger partial charge in [0.25, 0.3) is 0 Å². The predicted octanol–water partition coefficient (Wildman–Crippen LogP) is 3.79. The highest BCUT2D eigenvalue weighted by Crippen LogP contribution is 2.19. The van der Waals surface area contributed by atoms with E-state index in [0.717, 1.165) is 11.8 Å². The minimum atomic E-state index is 0.689. The van der Waals surface area contributed by atoms with Crippen LogP contribution in [0.25, 0.3) is 0 Å². The maximum Gasteiger partial charge on any atom is 0.00355 e. The third-order valence-corrected chi connectivity index (χ3v) is 3.67. The molecule has 0 aliphatic heterocycles. The summed E-state index contributed by atoms with van der Waals surface area (Å²) in [4.78, 5) is 2.43. The fourth-order valence-corrected chi connectivity index (χ4v) is 1.61. The molecule has 0 aliphatic rings. The largest absolute Gasteiger partial charge is 0.304 e. The maximum absolute atomic E-state index is 2.43. The Morgan fingerprint density at radius 3 is 2.00 bits per heavy atom. The van der Waals surface area contributed by atoms with Crippen molar-refractivity contribution in [3.63, 3.8) is 0 Å². The van der Waals surface area contributed by atoms with E-state index in [4.69, 9.17) is 0 Å². The van der Waals surface area contributed by atoms with Crippen LogP contribution in [0.4, 0.5) is 0 Å². The van der Waals surface area contributed by atoms with E-state index in [-0.39, 0.29) is 0 Å². The molecule has 0 bridgehead atoms. The van der Waals surface area contributed by atoms with Gasteiger partial charge in [0.15, 0.2) is 0 Å². The van der Waals surface area contributed by atoms with Gasteiger partial charge in [-0.1, -0.05) is 27.2 Å². The van der Waals surface area contributed by atoms with Gasteiger partial charge in [0.05, 0.1) is 0 Å². The van der Waals surface area contributed by atoms with Gasteiger partial charge in [0, 0.05) is 6.04 Å². The quantitative estimate of drug-likeness (QED) is 0.603. The molecule has 0 amide bonds. The SMILES string of the molecule is CC[C@@H](C)C(C)CCCN(C)C(C)C. The minimum absolute atomic E-state index is 0.689. The maximum atomic E-state index is 2.43. The Labute approximate surface area is 90.9 Å². The van der Waals surface area contributed by atoms with Gasteiger partial charge in [-0.3, -0.25) is 0 Å². The minimum Gasteiger partial charge on any atom is -0.304 e. The molecule has 0 aromatic rings. The first-order chi connectivity index (χ1) is 6.49. The summed E-state index contributed by atoms with van der Waals surface area (Å²) in [6.07, 6.45) is 4.05. The molecule has 2 atom stereocenters. The fourth-order valence-electron chi connectivity index (χ4n) is 1.61. The van der Waals surface area contributed by atoms with Crippen molar-refractivity contribution in [2.75, 3.05) is 13.6 Å². The van der Waals surface area contributed by atoms with Gasteiger partial charge in [0.2, 0.25) is 0 Å². The van der Waals surface area contributed by atoms with E-state index in [9.17, 15) is 0 Å². The molecular weight excluding hydrogens is 170 g/mol. The van der Waals surface area contributed by atoms with E-state index in [0.29, 0.717) is 6.04 Å². The Balaban J connectivity index is 3.53. The highest BCUT2D eigenvalue weighted by Gasteiger charge is 2.10. The van der Waals surface area contributed by atoms with Crippen LogP contribution in [-0.4, -0.2) is 24.5 Å². The van der Waals surface area contributed by atoms with Crippen molar-refractivity contribution in [3.05, 3.63) is 0 Å². The van der Waals surface area contributed by atoms with Gasteiger partial charge in [-0.05, 0) is 52.1 Å². The second-order valence-electron chi connectivity index (χ2n) is 5.08. The normalized spacial score (nSPS) is 16.3. The van der Waals surface area contributed by atoms with Crippen LogP contribution < -0.4 is 0 Å². The molecule has 0 heterocycles. The first kappa shape index (κ1) is 14.0. The van der Waals surface area contributed by atoms with Crippen molar-refractivity contribution in [1.82, 2.24) is 4.90 Å². The average molecular weight is 199 g/mol. The molecule has 86 valence electrons. The lowest BCUT2D eigenvalue weighted by Gasteiger charge is -2.23. The molecule has 0 aromatic heterocycles. The highest BCUT2D eigenvalue weighted by molar-refractivity contribution is 4.63. The molecule has 1 unspecified atom stereocenters. The molecule has 0 saturated heterocycles. The van der Waals surface area contributed by atoms with Crippen LogP contribution in [0.3, 0.4) is 0 Å². The molecule has 0 saturated carbocycles. The molecule has 0 rings (SSSR count). The standard InChI is InChI=1S/C13H29N/c1-7-12(4)13(5)9-8-10-14(6)11(2)3/h11-13H,7-10H2,1-6H3/t12-,13?/m1/s1. The molecular formula is C13H29N. The summed E-state index contributed by atoms with van der Waals surface area (Å²) in [7, 11) is 2.22. The summed E-state index contributed by atoms with van der Waals surface area (Å²) in [5.41, 5.74) is 0. The molecule has 0 fully saturated rings. The number of hydrogen-bond donors (Lipinski definition) is 0. The van der Waals surface area contributed by atoms with E-state index < -0.39 is 0 Å². The second kappa shape index (κ2) is 7.28. The Bertz CT molecular complexity index is 131. The smallest absolute Gasteiger partial charge is 0.00355 e. The van der Waals surface area contributed by atoms with Gasteiger partial charge < -0.3 is 4.90 Å². The van der Waals surface area contributed by atoms with Crippen molar-refractivity contribution in [2.45, 2.75) is 59.9 Å². The van der Waals surface area contributed by atoms with Crippen LogP contribution >= 0.6 is 0 Å². The molecule has 0 spiro atoms. The number of hydrogen-bond acceptors (Lipinski definition) is 1. The summed E-state index contributed by atoms with van der Waals surface area (Å²) >= 11 is 0. The van der Waals surface area contributed by atoms with Crippen molar-refractivity contribution in [2.24, 2.45) is 11.8 Å². The van der Waals surface area contributed by atoms with Crippen LogP contribution in [0.2, 0.25) is 0 Å². The zero-order valence-corrected chi connectivity index (χ0v) is 11.0. The first-order valence-electron chi connectivity index (χ1n) is 6.19. The molecule has 0 N–H and O–H groups in total. The van der Waals surface area contributed by atoms with Crippen molar-refractivity contribution in [3.8, 4) is 0 Å². The van der Waals surface area contributed by atoms with Crippen molar-refractivity contribution in [1.29, 1.82) is 0 Å². The zero-order chi connectivity index (χ0) is 11.1. The Kier molecular flexibility index (Phi) is 7.26. The summed E-state index contributed by atoms with van der Waals surface area (Å²) in [5.74, 6) is 1.78. The lowest BCUT2D eigenvalue weighted by molar-refractivity contribution is 0.251. The van der Waals surface area contributed by atoms with Crippen molar-refractivity contribution >= 4 is 0 Å². The van der Waals surface area contributed by atoms with Crippen LogP contribution in [0, 0.1) is 11.8 Å². The molecule has 0 radical (unpaired) electrons. The van der Waals surface area contributed by atoms with E-state index in [1.165, 1.54) is 25.8 Å². The van der Waals surface area contributed by atoms with E-state index >= 15 is 0 Å². The third-order valence-electron chi connectivity index (χ3n) is 3.67. The first-order valence-corrected chi connectivity index (χ1v) is 6.19. The monoisotopic (exact) mass is 199 g/mol. The van der Waals surface area contributed by atoms with Gasteiger partial charge in [-0.2, -0.15) is 0 Å². The van der Waals surface area contributed by atoms with E-state index in [1.54, 1.807) is 0 Å². The molecule has 0 aliphatic carbocycles. The van der Waals surface area contributed by atoms with Crippen LogP contribution in [0.15, 0.2) is 0 Å². The molecule has 0 aromatic carbocycles. The summed E-state index contributed by atoms with van der Waals surface area (Å²) < 4.78 is 0. The van der Waals surface area contributed by atoms with Gasteiger partial charge in [0.1, 0.15) is 0 Å². The Morgan fingerprint density at radius 1 is 1.00 bits per heavy atom. The number of nitrogens with zero attached hydrogens (tertiary/aromatic N) is 1. The fraction of sp³-hybridized carbons (Fsp3) is 1.00. The highest BCUT2D eigenvalue weighted by atomic mass is 15.1. The lowest BCUT2D eigenvalue weighted by atomic mass is 9.90. The van der Waals surface area contributed by atoms with E-state index in [1.807, 2.05) is 0 Å². The average Bonchev–Trinajstić information content (AvgIpc) is 2.15. The summed E-state index contributed by atoms with van der Waals surface area (Å²) in [5, 5.41) is 0. The predicted molar refractivity (Wildman–Crippen MR) is 65.6 cm³/mol. The topological polar surface area (TPSA) is 3.24 Å². The van der Waals surface area contributed by atoms with Gasteiger partial charge in [-0.15, -0.1) is 0 Å². The number of rotatable bonds is 7. The van der Waals surface area contributed by atoms with Crippen LogP contribution in [0.1, 0.15) is 53.9 Å². The van der Waals surface area contributed by atoms with Crippen molar-refractivity contribution < 1.29 is 0 Å². The van der Waals surface area contributed by atoms with Gasteiger partial charge >= 0.3 is 0 Å². The summed E-state index contributed by atoms with van der Waals surface area (Å²) in [6, 6.07) is 0.689. The van der Waals surface area contributed by atoms with Crippen LogP contribution in [-0.2, 0) is 0 Å². The molecule has 1 heteroatoms. The lowest BCUT2D eigenvalue weighted by Crippen LogP contribution is -2.27. The Hall–Kier alpha value is -0.0400. The summed E-state index contributed by atoms with van der Waals surface area (Å²) in [6.45, 7) is 12.8. The van der Waals surface area contributed by atoms with Crippen LogP contribution in [0.5, 0.6) is 0 Å². The molecule has 14 heavy (non-hydrogen) atoms. The van der Waals surface area contributed by atoms with Gasteiger partial charge in [-0.25, -0.2) is 0 Å². The third kappa shape index (κ3) is 5.64. The Morgan fingerprint density at radius 2 is 1.57 bits per heavy atom.